The van der Waals surface area contributed by atoms with Crippen LogP contribution < -0.4 is 5.73 Å². The maximum atomic E-state index is 13.2. The summed E-state index contributed by atoms with van der Waals surface area (Å²) in [6.45, 7) is 0. The van der Waals surface area contributed by atoms with E-state index in [2.05, 4.69) is 9.97 Å². The van der Waals surface area contributed by atoms with Crippen molar-refractivity contribution >= 4 is 11.6 Å². The molecule has 1 unspecified atom stereocenters. The molecule has 0 saturated carbocycles. The Balaban J connectivity index is 2.34. The van der Waals surface area contributed by atoms with Crippen molar-refractivity contribution in [3.8, 4) is 0 Å². The maximum Gasteiger partial charge on any atom is 0.142 e. The molecule has 1 aromatic heterocycles. The normalized spacial score (nSPS) is 12.4. The van der Waals surface area contributed by atoms with Gasteiger partial charge in [0.25, 0.3) is 0 Å². The van der Waals surface area contributed by atoms with Crippen molar-refractivity contribution in [2.75, 3.05) is 0 Å². The van der Waals surface area contributed by atoms with E-state index in [0.717, 1.165) is 5.56 Å². The first kappa shape index (κ1) is 11.0. The van der Waals surface area contributed by atoms with Crippen molar-refractivity contribution in [3.05, 3.63) is 58.9 Å². The average molecular weight is 238 g/mol. The summed E-state index contributed by atoms with van der Waals surface area (Å²) in [4.78, 5) is 7.72. The van der Waals surface area contributed by atoms with Gasteiger partial charge in [-0.3, -0.25) is 0 Å². The fourth-order valence-corrected chi connectivity index (χ4v) is 1.49. The summed E-state index contributed by atoms with van der Waals surface area (Å²) in [5.74, 6) is -0.480. The van der Waals surface area contributed by atoms with E-state index in [4.69, 9.17) is 17.3 Å². The standard InChI is InChI=1S/C11H9ClFN3/c12-9-2-1-7(3-10(9)13)11(14)8-4-15-6-16-5-8/h1-6,11H,14H2. The van der Waals surface area contributed by atoms with E-state index < -0.39 is 11.9 Å². The molecule has 0 aliphatic rings. The quantitative estimate of drug-likeness (QED) is 0.872. The Morgan fingerprint density at radius 1 is 1.19 bits per heavy atom. The van der Waals surface area contributed by atoms with Crippen molar-refractivity contribution in [2.24, 2.45) is 5.73 Å². The second-order valence-electron chi connectivity index (χ2n) is 3.32. The van der Waals surface area contributed by atoms with Crippen LogP contribution in [0.25, 0.3) is 0 Å². The lowest BCUT2D eigenvalue weighted by molar-refractivity contribution is 0.624. The Morgan fingerprint density at radius 3 is 2.50 bits per heavy atom. The maximum absolute atomic E-state index is 13.2. The highest BCUT2D eigenvalue weighted by atomic mass is 35.5. The van der Waals surface area contributed by atoms with Crippen molar-refractivity contribution < 1.29 is 4.39 Å². The van der Waals surface area contributed by atoms with Crippen LogP contribution in [0.5, 0.6) is 0 Å². The van der Waals surface area contributed by atoms with E-state index >= 15 is 0 Å². The van der Waals surface area contributed by atoms with Crippen LogP contribution in [0.2, 0.25) is 5.02 Å². The van der Waals surface area contributed by atoms with E-state index in [-0.39, 0.29) is 5.02 Å². The van der Waals surface area contributed by atoms with E-state index in [0.29, 0.717) is 5.56 Å². The predicted octanol–water partition coefficient (Wildman–Crippen LogP) is 2.32. The summed E-state index contributed by atoms with van der Waals surface area (Å²) in [6.07, 6.45) is 4.62. The van der Waals surface area contributed by atoms with Gasteiger partial charge in [-0.15, -0.1) is 0 Å². The number of rotatable bonds is 2. The predicted molar refractivity (Wildman–Crippen MR) is 59.5 cm³/mol. The third kappa shape index (κ3) is 2.18. The Hall–Kier alpha value is -1.52. The molecule has 16 heavy (non-hydrogen) atoms. The lowest BCUT2D eigenvalue weighted by Crippen LogP contribution is -2.12. The highest BCUT2D eigenvalue weighted by Gasteiger charge is 2.11. The largest absolute Gasteiger partial charge is 0.320 e. The molecule has 1 heterocycles. The van der Waals surface area contributed by atoms with E-state index in [9.17, 15) is 4.39 Å². The molecule has 0 fully saturated rings. The summed E-state index contributed by atoms with van der Waals surface area (Å²) < 4.78 is 13.2. The topological polar surface area (TPSA) is 51.8 Å². The van der Waals surface area contributed by atoms with Gasteiger partial charge in [0.05, 0.1) is 11.1 Å². The van der Waals surface area contributed by atoms with Gasteiger partial charge in [0.1, 0.15) is 12.1 Å². The number of aromatic nitrogens is 2. The van der Waals surface area contributed by atoms with Gasteiger partial charge in [-0.05, 0) is 17.7 Å². The van der Waals surface area contributed by atoms with Crippen molar-refractivity contribution in [1.29, 1.82) is 0 Å². The van der Waals surface area contributed by atoms with Crippen LogP contribution in [0.3, 0.4) is 0 Å². The number of hydrogen-bond donors (Lipinski definition) is 1. The van der Waals surface area contributed by atoms with Gasteiger partial charge in [-0.1, -0.05) is 17.7 Å². The van der Waals surface area contributed by atoms with Crippen LogP contribution in [0, 0.1) is 5.82 Å². The molecular weight excluding hydrogens is 229 g/mol. The molecule has 2 N–H and O–H groups in total. The zero-order valence-electron chi connectivity index (χ0n) is 8.27. The Labute approximate surface area is 97.1 Å². The lowest BCUT2D eigenvalue weighted by Gasteiger charge is -2.11. The number of hydrogen-bond acceptors (Lipinski definition) is 3. The van der Waals surface area contributed by atoms with Gasteiger partial charge >= 0.3 is 0 Å². The first-order valence-electron chi connectivity index (χ1n) is 4.64. The molecule has 0 spiro atoms. The number of nitrogens with two attached hydrogens (primary N) is 1. The molecule has 1 aromatic carbocycles. The van der Waals surface area contributed by atoms with Crippen LogP contribution in [-0.4, -0.2) is 9.97 Å². The fourth-order valence-electron chi connectivity index (χ4n) is 1.37. The van der Waals surface area contributed by atoms with Crippen LogP contribution in [0.1, 0.15) is 17.2 Å². The molecule has 5 heteroatoms. The van der Waals surface area contributed by atoms with E-state index in [1.54, 1.807) is 18.5 Å². The molecule has 1 atom stereocenters. The third-order valence-corrected chi connectivity index (χ3v) is 2.55. The molecule has 82 valence electrons. The van der Waals surface area contributed by atoms with Gasteiger partial charge in [0, 0.05) is 18.0 Å². The minimum atomic E-state index is -0.480. The Bertz CT molecular complexity index is 490. The van der Waals surface area contributed by atoms with Crippen molar-refractivity contribution in [1.82, 2.24) is 9.97 Å². The molecule has 0 radical (unpaired) electrons. The van der Waals surface area contributed by atoms with Gasteiger partial charge < -0.3 is 5.73 Å². The number of halogens is 2. The van der Waals surface area contributed by atoms with E-state index in [1.807, 2.05) is 0 Å². The second kappa shape index (κ2) is 4.55. The van der Waals surface area contributed by atoms with Gasteiger partial charge in [-0.2, -0.15) is 0 Å². The molecule has 2 rings (SSSR count). The first-order chi connectivity index (χ1) is 7.68. The lowest BCUT2D eigenvalue weighted by atomic mass is 10.0. The Morgan fingerprint density at radius 2 is 1.88 bits per heavy atom. The number of nitrogens with zero attached hydrogens (tertiary/aromatic N) is 2. The third-order valence-electron chi connectivity index (χ3n) is 2.24. The molecule has 0 aliphatic carbocycles. The monoisotopic (exact) mass is 237 g/mol. The van der Waals surface area contributed by atoms with Crippen LogP contribution >= 0.6 is 11.6 Å². The van der Waals surface area contributed by atoms with Crippen LogP contribution in [0.15, 0.2) is 36.9 Å². The number of benzene rings is 1. The van der Waals surface area contributed by atoms with Crippen LogP contribution in [0.4, 0.5) is 4.39 Å². The average Bonchev–Trinajstić information content (AvgIpc) is 2.33. The molecule has 0 amide bonds. The highest BCUT2D eigenvalue weighted by molar-refractivity contribution is 6.30. The molecule has 0 aliphatic heterocycles. The van der Waals surface area contributed by atoms with Crippen molar-refractivity contribution in [3.63, 3.8) is 0 Å². The minimum Gasteiger partial charge on any atom is -0.320 e. The molecule has 0 saturated heterocycles. The highest BCUT2D eigenvalue weighted by Crippen LogP contribution is 2.22. The smallest absolute Gasteiger partial charge is 0.142 e. The van der Waals surface area contributed by atoms with Crippen LogP contribution in [-0.2, 0) is 0 Å². The fraction of sp³-hybridized carbons (Fsp3) is 0.0909. The molecule has 2 aromatic rings. The van der Waals surface area contributed by atoms with Crippen molar-refractivity contribution in [2.45, 2.75) is 6.04 Å². The minimum absolute atomic E-state index is 0.0836. The SMILES string of the molecule is NC(c1cncnc1)c1ccc(Cl)c(F)c1. The zero-order chi connectivity index (χ0) is 11.5. The summed E-state index contributed by atoms with van der Waals surface area (Å²) in [7, 11) is 0. The second-order valence-corrected chi connectivity index (χ2v) is 3.73. The van der Waals surface area contributed by atoms with Gasteiger partial charge in [0.15, 0.2) is 0 Å². The van der Waals surface area contributed by atoms with E-state index in [1.165, 1.54) is 18.5 Å². The summed E-state index contributed by atoms with van der Waals surface area (Å²) in [5.41, 5.74) is 7.31. The molecule has 3 nitrogen and oxygen atoms in total. The Kier molecular flexibility index (Phi) is 3.12. The first-order valence-corrected chi connectivity index (χ1v) is 5.01. The summed E-state index contributed by atoms with van der Waals surface area (Å²) >= 11 is 5.59. The zero-order valence-corrected chi connectivity index (χ0v) is 9.03. The molecule has 0 bridgehead atoms. The summed E-state index contributed by atoms with van der Waals surface area (Å²) in [5, 5.41) is 0.0836. The summed E-state index contributed by atoms with van der Waals surface area (Å²) in [6, 6.07) is 4.03. The van der Waals surface area contributed by atoms with Gasteiger partial charge in [0.2, 0.25) is 0 Å². The van der Waals surface area contributed by atoms with Gasteiger partial charge in [-0.25, -0.2) is 14.4 Å². The molecular formula is C11H9ClFN3.